The van der Waals surface area contributed by atoms with Crippen molar-refractivity contribution < 1.29 is 4.79 Å². The van der Waals surface area contributed by atoms with Gasteiger partial charge in [-0.25, -0.2) is 0 Å². The lowest BCUT2D eigenvalue weighted by atomic mass is 9.93. The van der Waals surface area contributed by atoms with E-state index in [-0.39, 0.29) is 5.92 Å². The molecule has 3 aliphatic rings. The van der Waals surface area contributed by atoms with Crippen molar-refractivity contribution in [3.05, 3.63) is 34.9 Å². The number of benzene rings is 1. The molecule has 148 valence electrons. The zero-order chi connectivity index (χ0) is 18.8. The van der Waals surface area contributed by atoms with Gasteiger partial charge in [-0.3, -0.25) is 14.6 Å². The number of hydrogen-bond acceptors (Lipinski definition) is 3. The molecule has 4 nitrogen and oxygen atoms in total. The third kappa shape index (κ3) is 4.91. The molecular formula is C23H35N3O. The molecule has 4 heteroatoms. The standard InChI is InChI=1S/C23H35N3O/c1-17-5-6-18(2)20(14-17)15-25-12-9-22(10-13-25)26-11-3-4-19(16-26)23(27)24-21-7-8-21/h5-6,14,19,21-22H,3-4,7-13,15-16H2,1-2H3,(H,24,27)/t19-/m1/s1. The second-order valence-electron chi connectivity index (χ2n) is 9.05. The van der Waals surface area contributed by atoms with E-state index in [1.807, 2.05) is 0 Å². The molecule has 0 bridgehead atoms. The number of nitrogens with zero attached hydrogens (tertiary/aromatic N) is 2. The van der Waals surface area contributed by atoms with Gasteiger partial charge < -0.3 is 5.32 Å². The molecule has 2 saturated heterocycles. The van der Waals surface area contributed by atoms with Crippen LogP contribution in [-0.2, 0) is 11.3 Å². The molecule has 1 atom stereocenters. The number of aryl methyl sites for hydroxylation is 2. The van der Waals surface area contributed by atoms with Gasteiger partial charge in [0.05, 0.1) is 5.92 Å². The summed E-state index contributed by atoms with van der Waals surface area (Å²) in [6.07, 6.45) is 7.08. The van der Waals surface area contributed by atoms with E-state index in [2.05, 4.69) is 47.2 Å². The summed E-state index contributed by atoms with van der Waals surface area (Å²) in [5, 5.41) is 3.22. The van der Waals surface area contributed by atoms with Gasteiger partial charge in [-0.2, -0.15) is 0 Å². The molecule has 27 heavy (non-hydrogen) atoms. The number of likely N-dealkylation sites (tertiary alicyclic amines) is 2. The van der Waals surface area contributed by atoms with Gasteiger partial charge in [0, 0.05) is 25.2 Å². The van der Waals surface area contributed by atoms with Gasteiger partial charge in [-0.1, -0.05) is 23.8 Å². The SMILES string of the molecule is Cc1ccc(C)c(CN2CCC(N3CCC[C@@H](C(=O)NC4CC4)C3)CC2)c1. The lowest BCUT2D eigenvalue weighted by molar-refractivity contribution is -0.127. The first-order chi connectivity index (χ1) is 13.1. The van der Waals surface area contributed by atoms with Gasteiger partial charge in [0.2, 0.25) is 5.91 Å². The van der Waals surface area contributed by atoms with Gasteiger partial charge in [-0.05, 0) is 83.1 Å². The summed E-state index contributed by atoms with van der Waals surface area (Å²) >= 11 is 0. The van der Waals surface area contributed by atoms with E-state index in [0.717, 1.165) is 19.5 Å². The highest BCUT2D eigenvalue weighted by atomic mass is 16.2. The zero-order valence-electron chi connectivity index (χ0n) is 17.0. The maximum absolute atomic E-state index is 12.4. The van der Waals surface area contributed by atoms with Crippen molar-refractivity contribution in [1.29, 1.82) is 0 Å². The van der Waals surface area contributed by atoms with E-state index in [0.29, 0.717) is 18.0 Å². The lowest BCUT2D eigenvalue weighted by Crippen LogP contribution is -2.50. The molecule has 4 rings (SSSR count). The number of amides is 1. The van der Waals surface area contributed by atoms with Crippen molar-refractivity contribution in [3.8, 4) is 0 Å². The van der Waals surface area contributed by atoms with Crippen LogP contribution in [0.4, 0.5) is 0 Å². The van der Waals surface area contributed by atoms with Crippen LogP contribution in [0.2, 0.25) is 0 Å². The zero-order valence-corrected chi connectivity index (χ0v) is 17.0. The van der Waals surface area contributed by atoms with E-state index >= 15 is 0 Å². The number of carbonyl (C=O) groups is 1. The van der Waals surface area contributed by atoms with Crippen LogP contribution in [0.1, 0.15) is 55.2 Å². The Morgan fingerprint density at radius 3 is 2.59 bits per heavy atom. The van der Waals surface area contributed by atoms with Gasteiger partial charge >= 0.3 is 0 Å². The van der Waals surface area contributed by atoms with Crippen molar-refractivity contribution in [2.75, 3.05) is 26.2 Å². The van der Waals surface area contributed by atoms with Crippen LogP contribution in [-0.4, -0.2) is 54.0 Å². The highest BCUT2D eigenvalue weighted by Crippen LogP contribution is 2.26. The molecule has 0 radical (unpaired) electrons. The Morgan fingerprint density at radius 1 is 1.07 bits per heavy atom. The molecule has 0 aromatic heterocycles. The van der Waals surface area contributed by atoms with Crippen LogP contribution < -0.4 is 5.32 Å². The van der Waals surface area contributed by atoms with E-state index in [9.17, 15) is 4.79 Å². The number of hydrogen-bond donors (Lipinski definition) is 1. The molecule has 3 fully saturated rings. The summed E-state index contributed by atoms with van der Waals surface area (Å²) in [5.74, 6) is 0.530. The van der Waals surface area contributed by atoms with Crippen LogP contribution in [0.15, 0.2) is 18.2 Å². The van der Waals surface area contributed by atoms with Crippen molar-refractivity contribution in [3.63, 3.8) is 0 Å². The first-order valence-corrected chi connectivity index (χ1v) is 10.9. The minimum atomic E-state index is 0.215. The summed E-state index contributed by atoms with van der Waals surface area (Å²) in [7, 11) is 0. The third-order valence-electron chi connectivity index (χ3n) is 6.72. The average molecular weight is 370 g/mol. The number of piperidine rings is 2. The second kappa shape index (κ2) is 8.32. The van der Waals surface area contributed by atoms with Gasteiger partial charge in [0.15, 0.2) is 0 Å². The molecule has 1 amide bonds. The second-order valence-corrected chi connectivity index (χ2v) is 9.05. The fraction of sp³-hybridized carbons (Fsp3) is 0.696. The third-order valence-corrected chi connectivity index (χ3v) is 6.72. The summed E-state index contributed by atoms with van der Waals surface area (Å²) in [4.78, 5) is 17.7. The Bertz CT molecular complexity index is 662. The van der Waals surface area contributed by atoms with E-state index < -0.39 is 0 Å². The Kier molecular flexibility index (Phi) is 5.84. The van der Waals surface area contributed by atoms with E-state index in [1.165, 1.54) is 68.4 Å². The lowest BCUT2D eigenvalue weighted by Gasteiger charge is -2.42. The van der Waals surface area contributed by atoms with Crippen molar-refractivity contribution in [1.82, 2.24) is 15.1 Å². The molecule has 0 spiro atoms. The Balaban J connectivity index is 1.27. The molecule has 1 aromatic carbocycles. The van der Waals surface area contributed by atoms with Gasteiger partial charge in [0.1, 0.15) is 0 Å². The predicted molar refractivity (Wildman–Crippen MR) is 110 cm³/mol. The quantitative estimate of drug-likeness (QED) is 0.865. The minimum absolute atomic E-state index is 0.215. The molecule has 0 unspecified atom stereocenters. The maximum Gasteiger partial charge on any atom is 0.224 e. The van der Waals surface area contributed by atoms with Crippen LogP contribution in [0, 0.1) is 19.8 Å². The summed E-state index contributed by atoms with van der Waals surface area (Å²) in [6, 6.07) is 7.95. The number of rotatable bonds is 5. The average Bonchev–Trinajstić information content (AvgIpc) is 3.49. The van der Waals surface area contributed by atoms with Crippen LogP contribution >= 0.6 is 0 Å². The van der Waals surface area contributed by atoms with Crippen LogP contribution in [0.25, 0.3) is 0 Å². The predicted octanol–water partition coefficient (Wildman–Crippen LogP) is 3.26. The van der Waals surface area contributed by atoms with Crippen molar-refractivity contribution in [2.45, 2.75) is 71.0 Å². The Hall–Kier alpha value is -1.39. The molecule has 1 saturated carbocycles. The fourth-order valence-electron chi connectivity index (χ4n) is 4.75. The molecule has 1 N–H and O–H groups in total. The van der Waals surface area contributed by atoms with E-state index in [1.54, 1.807) is 0 Å². The Morgan fingerprint density at radius 2 is 1.85 bits per heavy atom. The normalized spacial score (nSPS) is 25.5. The summed E-state index contributed by atoms with van der Waals surface area (Å²) in [6.45, 7) is 9.98. The number of nitrogens with one attached hydrogen (secondary N) is 1. The molecule has 1 aliphatic carbocycles. The minimum Gasteiger partial charge on any atom is -0.353 e. The summed E-state index contributed by atoms with van der Waals surface area (Å²) in [5.41, 5.74) is 4.24. The topological polar surface area (TPSA) is 35.6 Å². The van der Waals surface area contributed by atoms with Gasteiger partial charge in [0.25, 0.3) is 0 Å². The maximum atomic E-state index is 12.4. The van der Waals surface area contributed by atoms with Gasteiger partial charge in [-0.15, -0.1) is 0 Å². The smallest absolute Gasteiger partial charge is 0.224 e. The highest BCUT2D eigenvalue weighted by Gasteiger charge is 2.33. The van der Waals surface area contributed by atoms with E-state index in [4.69, 9.17) is 0 Å². The fourth-order valence-corrected chi connectivity index (χ4v) is 4.75. The molecule has 2 heterocycles. The van der Waals surface area contributed by atoms with Crippen LogP contribution in [0.3, 0.4) is 0 Å². The Labute approximate surface area is 164 Å². The van der Waals surface area contributed by atoms with Crippen molar-refractivity contribution >= 4 is 5.91 Å². The molecule has 1 aromatic rings. The van der Waals surface area contributed by atoms with Crippen LogP contribution in [0.5, 0.6) is 0 Å². The summed E-state index contributed by atoms with van der Waals surface area (Å²) < 4.78 is 0. The first kappa shape index (κ1) is 18.9. The monoisotopic (exact) mass is 369 g/mol. The van der Waals surface area contributed by atoms with Crippen molar-refractivity contribution in [2.24, 2.45) is 5.92 Å². The molecular weight excluding hydrogens is 334 g/mol. The first-order valence-electron chi connectivity index (χ1n) is 10.9. The largest absolute Gasteiger partial charge is 0.353 e. The number of carbonyl (C=O) groups excluding carboxylic acids is 1. The highest BCUT2D eigenvalue weighted by molar-refractivity contribution is 5.79. The molecule has 2 aliphatic heterocycles.